The Hall–Kier alpha value is -13.4. The minimum atomic E-state index is -4.70. The number of piperazine rings is 3. The molecule has 3 saturated heterocycles. The van der Waals surface area contributed by atoms with Gasteiger partial charge < -0.3 is 50.0 Å². The Bertz CT molecular complexity index is 7660. The van der Waals surface area contributed by atoms with Crippen molar-refractivity contribution in [2.24, 2.45) is 0 Å². The van der Waals surface area contributed by atoms with E-state index in [1.165, 1.54) is 31.5 Å². The smallest absolute Gasteiger partial charge is 0.354 e. The number of hydrogen-bond acceptors (Lipinski definition) is 22. The molecule has 42 heteroatoms. The number of aromatic nitrogens is 9. The molecule has 6 atom stereocenters. The number of phenols is 3. The van der Waals surface area contributed by atoms with Gasteiger partial charge in [-0.2, -0.15) is 15.0 Å². The Morgan fingerprint density at radius 3 is 1.20 bits per heavy atom. The number of carbonyl (C=O) groups is 4. The number of halogens is 12. The van der Waals surface area contributed by atoms with Gasteiger partial charge >= 0.3 is 17.1 Å². The van der Waals surface area contributed by atoms with Crippen LogP contribution in [0.2, 0.25) is 15.1 Å². The largest absolute Gasteiger partial charge is 0.507 e. The van der Waals surface area contributed by atoms with Crippen LogP contribution < -0.4 is 37.1 Å². The van der Waals surface area contributed by atoms with Crippen molar-refractivity contribution in [1.29, 1.82) is 0 Å². The Kier molecular flexibility index (Phi) is 26.1. The molecule has 4 N–H and O–H groups in total. The third-order valence-corrected chi connectivity index (χ3v) is 29.5. The maximum Gasteiger partial charge on any atom is 0.354 e. The number of thioether (sulfide) groups is 1. The van der Waals surface area contributed by atoms with E-state index in [2.05, 4.69) is 55.0 Å². The summed E-state index contributed by atoms with van der Waals surface area (Å²) < 4.78 is 173. The molecule has 6 aromatic heterocycles. The number of aryl methyl sites for hydroxylation is 3. The van der Waals surface area contributed by atoms with E-state index in [9.17, 15) is 70.5 Å². The number of nitrogens with zero attached hydrogens (tertiary/aromatic N) is 15. The average Bonchev–Trinajstić information content (AvgIpc) is 1.35. The fourth-order valence-corrected chi connectivity index (χ4v) is 23.5. The standard InChI is InChI=1S/C32H28ClF3N6O4.C32H29ClF3N5O5S.C32H29ClF3N5O3S/c1-6-19(44)40-11-15(5)41-17(12-40)31(45)38-27-22-29(23(33)21(25(27)36)20-18(43)8-7-16(34)24(20)35)42(32(46)39-30(22)41)28-14(4)9-10-37-26(28)13(2)3;1-6-20(43)39-11-16(5)40-17(12-39)13-47(45,46)30-23-29(24(33)22(26(30)36)21-19(42)8-7-18(34)25(21)35)41(32(44)38-31(23)40)28-15(4)9-10-37-27(28)14(2)3;1-6-20(43)39-11-16(5)40-17(12-39)13-45-30-23-29(24(33)22(26(30)36)21-19(42)8-7-18(34)25(21)35)41(32(44)38-31(23)40)28-15(4)9-10-37-27(28)14(2)3/h6-10,13,15,17,43H,1,11-12H2,2-5H3,(H,38,45);6-10,14,16-17,42H,1,11-13H2,2-5H3;6-10,14,16-17,42H,1,11-13H2,2-5H3. The third-order valence-electron chi connectivity index (χ3n) is 25.4. The van der Waals surface area contributed by atoms with Gasteiger partial charge in [-0.1, -0.05) is 96.1 Å². The summed E-state index contributed by atoms with van der Waals surface area (Å²) in [6.45, 7) is 32.7. The van der Waals surface area contributed by atoms with E-state index in [0.29, 0.717) is 58.1 Å². The van der Waals surface area contributed by atoms with Crippen molar-refractivity contribution in [3.8, 4) is 67.7 Å². The number of fused-ring (bicyclic) bond motifs is 6. The summed E-state index contributed by atoms with van der Waals surface area (Å²) in [5.41, 5.74) is -4.64. The first-order valence-electron chi connectivity index (χ1n) is 43.3. The van der Waals surface area contributed by atoms with E-state index < -0.39 is 209 Å². The maximum atomic E-state index is 17.0. The summed E-state index contributed by atoms with van der Waals surface area (Å²) >= 11 is 22.0. The molecule has 6 aliphatic heterocycles. The van der Waals surface area contributed by atoms with Gasteiger partial charge in [0.15, 0.2) is 56.4 Å². The number of rotatable bonds is 12. The first-order valence-corrected chi connectivity index (χ1v) is 47.1. The summed E-state index contributed by atoms with van der Waals surface area (Å²) in [6, 6.07) is 5.40. The van der Waals surface area contributed by atoms with Crippen molar-refractivity contribution in [3.05, 3.63) is 244 Å². The summed E-state index contributed by atoms with van der Waals surface area (Å²) in [5.74, 6) is -18.5. The van der Waals surface area contributed by atoms with Gasteiger partial charge in [-0.3, -0.25) is 47.8 Å². The van der Waals surface area contributed by atoms with Crippen LogP contribution in [0.4, 0.5) is 62.7 Å². The minimum Gasteiger partial charge on any atom is -0.507 e. The molecule has 4 amide bonds. The van der Waals surface area contributed by atoms with Gasteiger partial charge in [0.2, 0.25) is 23.6 Å². The lowest BCUT2D eigenvalue weighted by molar-refractivity contribution is -0.129. The van der Waals surface area contributed by atoms with E-state index >= 15 is 26.3 Å². The number of nitrogens with one attached hydrogen (secondary N) is 1. The molecular formula is C96H86Cl3F9N16O12S2. The Balaban J connectivity index is 0.000000150. The van der Waals surface area contributed by atoms with Crippen molar-refractivity contribution in [2.45, 2.75) is 147 Å². The molecule has 6 aliphatic rings. The van der Waals surface area contributed by atoms with Crippen molar-refractivity contribution in [2.75, 3.05) is 70.8 Å². The van der Waals surface area contributed by atoms with Crippen molar-refractivity contribution < 1.29 is 82.4 Å². The summed E-state index contributed by atoms with van der Waals surface area (Å²) in [4.78, 5) is 129. The molecule has 138 heavy (non-hydrogen) atoms. The zero-order valence-corrected chi connectivity index (χ0v) is 79.6. The molecule has 6 unspecified atom stereocenters. The number of anilines is 4. The number of carbonyl (C=O) groups excluding carboxylic acids is 4. The van der Waals surface area contributed by atoms with Crippen LogP contribution in [0, 0.1) is 73.1 Å². The predicted molar refractivity (Wildman–Crippen MR) is 507 cm³/mol. The Morgan fingerprint density at radius 2 is 0.797 bits per heavy atom. The molecule has 0 saturated carbocycles. The highest BCUT2D eigenvalue weighted by molar-refractivity contribution is 7.99. The molecular weight excluding hydrogens is 1910 g/mol. The van der Waals surface area contributed by atoms with Crippen LogP contribution in [0.25, 0.3) is 83.2 Å². The van der Waals surface area contributed by atoms with Crippen LogP contribution >= 0.6 is 46.6 Å². The van der Waals surface area contributed by atoms with E-state index in [0.717, 1.165) is 57.3 Å². The molecule has 0 radical (unpaired) electrons. The second-order valence-electron chi connectivity index (χ2n) is 35.2. The molecule has 28 nitrogen and oxygen atoms in total. The monoisotopic (exact) mass is 1990 g/mol. The van der Waals surface area contributed by atoms with Crippen LogP contribution in [0.1, 0.15) is 114 Å². The number of aromatic hydroxyl groups is 3. The van der Waals surface area contributed by atoms with Gasteiger partial charge in [-0.25, -0.2) is 62.3 Å². The Labute approximate surface area is 800 Å². The second-order valence-corrected chi connectivity index (χ2v) is 39.3. The lowest BCUT2D eigenvalue weighted by atomic mass is 9.98. The third kappa shape index (κ3) is 15.9. The van der Waals surface area contributed by atoms with Crippen LogP contribution in [0.3, 0.4) is 0 Å². The maximum absolute atomic E-state index is 17.0. The summed E-state index contributed by atoms with van der Waals surface area (Å²) in [6.07, 6.45) is 8.13. The van der Waals surface area contributed by atoms with Gasteiger partial charge in [-0.05, 0) is 149 Å². The average molecular weight is 2000 g/mol. The van der Waals surface area contributed by atoms with Gasteiger partial charge in [-0.15, -0.1) is 11.8 Å². The summed E-state index contributed by atoms with van der Waals surface area (Å²) in [7, 11) is -4.70. The van der Waals surface area contributed by atoms with Crippen LogP contribution in [-0.2, 0) is 29.0 Å². The minimum absolute atomic E-state index is 0.000418. The quantitative estimate of drug-likeness (QED) is 0.0652. The highest BCUT2D eigenvalue weighted by Gasteiger charge is 2.50. The molecule has 0 bridgehead atoms. The predicted octanol–water partition coefficient (Wildman–Crippen LogP) is 16.6. The zero-order valence-electron chi connectivity index (χ0n) is 75.7. The number of pyridine rings is 3. The van der Waals surface area contributed by atoms with Gasteiger partial charge in [0.25, 0.3) is 0 Å². The van der Waals surface area contributed by atoms with Crippen molar-refractivity contribution >= 4 is 136 Å². The fourth-order valence-electron chi connectivity index (χ4n) is 19.4. The van der Waals surface area contributed by atoms with E-state index in [1.54, 1.807) is 75.0 Å². The highest BCUT2D eigenvalue weighted by Crippen LogP contribution is 2.56. The SMILES string of the molecule is C=CC(=O)N1CC(C)N2c3nc(=O)n(-c4c(C)ccnc4C(C)C)c4c(Cl)c(-c5c(O)ccc(F)c5F)c(F)c(c34)NC(=O)C2C1.C=CC(=O)N1CC(C)N2c3nc(=O)n(-c4c(C)ccnc4C(C)C)c4c(Cl)c(-c5c(O)ccc(F)c5F)c(F)c(c34)S(=O)(=O)CC2C1.C=CC(=O)N1CC(C)N2c3nc(=O)n(-c4c(C)ccnc4C(C)C)c4c(Cl)c(-c5c(O)ccc(F)c5F)c(F)c(c34)SCC2C1. The van der Waals surface area contributed by atoms with E-state index in [4.69, 9.17) is 34.8 Å². The first-order chi connectivity index (χ1) is 65.2. The molecule has 12 heterocycles. The van der Waals surface area contributed by atoms with Crippen molar-refractivity contribution in [1.82, 2.24) is 58.3 Å². The molecule has 0 spiro atoms. The molecule has 3 fully saturated rings. The van der Waals surface area contributed by atoms with Gasteiger partial charge in [0.05, 0.1) is 134 Å². The molecule has 18 rings (SSSR count). The topological polar surface area (TPSA) is 338 Å². The first kappa shape index (κ1) is 97.7. The zero-order chi connectivity index (χ0) is 100. The van der Waals surface area contributed by atoms with Crippen LogP contribution in [-0.4, -0.2) is 193 Å². The number of hydrogen-bond donors (Lipinski definition) is 4. The number of amides is 4. The van der Waals surface area contributed by atoms with Gasteiger partial charge in [0.1, 0.15) is 51.5 Å². The number of sulfone groups is 1. The van der Waals surface area contributed by atoms with Gasteiger partial charge in [0, 0.05) is 91.9 Å². The normalized spacial score (nSPS) is 18.1. The summed E-state index contributed by atoms with van der Waals surface area (Å²) in [5, 5.41) is 32.8. The lowest BCUT2D eigenvalue weighted by Gasteiger charge is -2.45. The van der Waals surface area contributed by atoms with Crippen LogP contribution in [0.5, 0.6) is 17.2 Å². The number of phenolic OH excluding ortho intramolecular Hbond substituents is 3. The van der Waals surface area contributed by atoms with Crippen LogP contribution in [0.15, 0.2) is 135 Å². The molecule has 12 aromatic rings. The number of benzene rings is 6. The fraction of sp³-hybridized carbons (Fsp3) is 0.302. The Morgan fingerprint density at radius 1 is 0.457 bits per heavy atom. The lowest BCUT2D eigenvalue weighted by Crippen LogP contribution is -2.62. The van der Waals surface area contributed by atoms with E-state index in [-0.39, 0.29) is 135 Å². The molecule has 6 aromatic carbocycles. The second kappa shape index (κ2) is 36.8. The van der Waals surface area contributed by atoms with E-state index in [1.807, 2.05) is 53.4 Å². The van der Waals surface area contributed by atoms with Crippen molar-refractivity contribution in [3.63, 3.8) is 0 Å². The molecule has 718 valence electrons. The highest BCUT2D eigenvalue weighted by atomic mass is 35.5. The molecule has 0 aliphatic carbocycles.